The van der Waals surface area contributed by atoms with E-state index in [-0.39, 0.29) is 60.2 Å². The molecule has 23 heteroatoms. The van der Waals surface area contributed by atoms with Gasteiger partial charge < -0.3 is 41.5 Å². The van der Waals surface area contributed by atoms with Crippen molar-refractivity contribution in [2.75, 3.05) is 6.54 Å². The Labute approximate surface area is 406 Å². The number of hydrogen-bond donors (Lipinski definition) is 8. The topological polar surface area (TPSA) is 291 Å². The molecule has 0 aromatic heterocycles. The van der Waals surface area contributed by atoms with E-state index in [1.165, 1.54) is 25.7 Å². The molecule has 2 heterocycles. The summed E-state index contributed by atoms with van der Waals surface area (Å²) < 4.78 is -0.00903. The van der Waals surface area contributed by atoms with Crippen LogP contribution in [0, 0.1) is 11.8 Å². The van der Waals surface area contributed by atoms with Gasteiger partial charge in [0.2, 0.25) is 17.7 Å². The molecule has 0 radical (unpaired) electrons. The predicted molar refractivity (Wildman–Crippen MR) is 261 cm³/mol. The molecule has 0 aromatic rings. The number of carbonyl (C=O) groups is 9. The lowest BCUT2D eigenvalue weighted by Gasteiger charge is -2.27. The van der Waals surface area contributed by atoms with Crippen LogP contribution < -0.4 is 16.0 Å². The van der Waals surface area contributed by atoms with Crippen molar-refractivity contribution >= 4 is 118 Å². The number of aliphatic carboxylic acids is 5. The zero-order chi connectivity index (χ0) is 48.0. The summed E-state index contributed by atoms with van der Waals surface area (Å²) in [7, 11) is 10.1. The number of carbonyl (C=O) groups excluding carboxylic acids is 4. The van der Waals surface area contributed by atoms with Crippen molar-refractivity contribution in [3.05, 3.63) is 0 Å². The first-order chi connectivity index (χ1) is 31.0. The number of hydrogen-bond acceptors (Lipinski definition) is 15. The van der Waals surface area contributed by atoms with E-state index in [2.05, 4.69) is 16.0 Å². The maximum atomic E-state index is 12.7. The molecule has 0 aliphatic carbocycles. The second-order valence-corrected chi connectivity index (χ2v) is 25.9. The molecular weight excluding hydrogens is 963 g/mol. The normalized spacial score (nSPS) is 16.1. The molecule has 0 unspecified atom stereocenters. The molecule has 1 spiro atoms. The van der Waals surface area contributed by atoms with E-state index >= 15 is 0 Å². The number of rotatable bonds is 40. The molecule has 0 saturated carbocycles. The van der Waals surface area contributed by atoms with Gasteiger partial charge in [0.05, 0.1) is 16.4 Å². The Bertz CT molecular complexity index is 1560. The summed E-state index contributed by atoms with van der Waals surface area (Å²) in [5.41, 5.74) is 0. The van der Waals surface area contributed by atoms with Crippen molar-refractivity contribution in [1.82, 2.24) is 16.0 Å². The fourth-order valence-electron chi connectivity index (χ4n) is 6.95. The second kappa shape index (κ2) is 33.9. The summed E-state index contributed by atoms with van der Waals surface area (Å²) in [5.74, 6) is -9.72. The van der Waals surface area contributed by atoms with Crippen molar-refractivity contribution in [3.8, 4) is 0 Å². The number of amides is 3. The lowest BCUT2D eigenvalue weighted by molar-refractivity contribution is -0.145. The summed E-state index contributed by atoms with van der Waals surface area (Å²) in [6.45, 7) is 0.271. The molecule has 65 heavy (non-hydrogen) atoms. The van der Waals surface area contributed by atoms with E-state index in [1.54, 1.807) is 64.8 Å². The number of unbranched alkanes of at least 4 members (excludes halogenated alkanes) is 14. The quantitative estimate of drug-likeness (QED) is 0.0162. The Morgan fingerprint density at radius 1 is 0.462 bits per heavy atom. The average Bonchev–Trinajstić information content (AvgIpc) is 4.01. The van der Waals surface area contributed by atoms with Gasteiger partial charge in [-0.05, 0) is 66.5 Å². The van der Waals surface area contributed by atoms with Crippen LogP contribution in [0.25, 0.3) is 0 Å². The first kappa shape index (κ1) is 58.7. The Hall–Kier alpha value is -2.47. The molecule has 2 saturated heterocycles. The highest BCUT2D eigenvalue weighted by atomic mass is 33.2. The fourth-order valence-corrected chi connectivity index (χ4v) is 20.8. The molecule has 8 N–H and O–H groups in total. The molecule has 0 bridgehead atoms. The van der Waals surface area contributed by atoms with Gasteiger partial charge in [-0.15, -0.1) is 0 Å². The number of carboxylic acid groups (broad SMARTS) is 5. The van der Waals surface area contributed by atoms with Crippen LogP contribution in [0.15, 0.2) is 0 Å². The van der Waals surface area contributed by atoms with Crippen molar-refractivity contribution in [2.45, 2.75) is 186 Å². The van der Waals surface area contributed by atoms with Crippen LogP contribution in [0.5, 0.6) is 0 Å². The molecule has 3 amide bonds. The maximum Gasteiger partial charge on any atom is 0.326 e. The molecule has 372 valence electrons. The van der Waals surface area contributed by atoms with Gasteiger partial charge in [-0.3, -0.25) is 33.6 Å². The highest BCUT2D eigenvalue weighted by Gasteiger charge is 2.53. The van der Waals surface area contributed by atoms with Gasteiger partial charge in [-0.1, -0.05) is 127 Å². The minimum absolute atomic E-state index is 0. The molecule has 2 aliphatic heterocycles. The van der Waals surface area contributed by atoms with E-state index < -0.39 is 90.1 Å². The van der Waals surface area contributed by atoms with Gasteiger partial charge in [0, 0.05) is 46.5 Å². The largest absolute Gasteiger partial charge is 0.481 e. The fraction of sp³-hybridized carbons (Fsp3) is 0.786. The third-order valence-electron chi connectivity index (χ3n) is 10.8. The summed E-state index contributed by atoms with van der Waals surface area (Å²) in [6.07, 6.45) is 14.1. The van der Waals surface area contributed by atoms with Crippen LogP contribution in [-0.4, -0.2) is 105 Å². The van der Waals surface area contributed by atoms with Crippen molar-refractivity contribution in [3.63, 3.8) is 0 Å². The molecule has 0 aromatic carbocycles. The van der Waals surface area contributed by atoms with Crippen LogP contribution in [-0.2, 0) is 43.2 Å². The predicted octanol–water partition coefficient (Wildman–Crippen LogP) is 8.79. The van der Waals surface area contributed by atoms with E-state index in [9.17, 15) is 63.6 Å². The minimum Gasteiger partial charge on any atom is -0.481 e. The van der Waals surface area contributed by atoms with E-state index in [0.29, 0.717) is 25.7 Å². The molecule has 4 atom stereocenters. The maximum absolute atomic E-state index is 12.7. The third-order valence-corrected chi connectivity index (χ3v) is 24.7. The van der Waals surface area contributed by atoms with Crippen molar-refractivity contribution in [2.24, 2.45) is 11.8 Å². The van der Waals surface area contributed by atoms with Crippen LogP contribution >= 0.6 is 64.8 Å². The monoisotopic (exact) mass is 1030 g/mol. The van der Waals surface area contributed by atoms with Gasteiger partial charge in [-0.25, -0.2) is 9.59 Å². The Morgan fingerprint density at radius 2 is 0.923 bits per heavy atom. The van der Waals surface area contributed by atoms with E-state index in [4.69, 9.17) is 5.11 Å². The Morgan fingerprint density at radius 3 is 1.38 bits per heavy atom. The number of nitrogens with one attached hydrogen (secondary N) is 3. The first-order valence-corrected chi connectivity index (χ1v) is 29.2. The Balaban J connectivity index is 0.0000218. The van der Waals surface area contributed by atoms with Crippen LogP contribution in [0.1, 0.15) is 168 Å². The van der Waals surface area contributed by atoms with Gasteiger partial charge in [0.25, 0.3) is 0 Å². The van der Waals surface area contributed by atoms with Gasteiger partial charge >= 0.3 is 29.8 Å². The smallest absolute Gasteiger partial charge is 0.326 e. The standard InChI is InChI=1S/C42H67N3O14S6.H2/c46-29(21-22-31(39(56)57)44-34(48)18-13-11-9-7-5-3-1-2-4-6-8-10-12-14-19-36(50)51)27-28(37(52)53)20-24-35(49)45-32(40(58)59)23-25-33(47)43-26-16-15-17-30(38(54)55)41-60-62-42(63-61-41)64-65-42;/h28,30-32,41H,1-27H2,(H,43,47)(H,44,48)(H,45,49)(H,50,51)(H,52,53)(H,54,55)(H,56,57)(H,58,59);1H/t28-,30+,31+,32+;/m1./s1. The molecule has 2 rings (SSSR count). The first-order valence-electron chi connectivity index (χ1n) is 22.6. The molecular formula is C42H69N3O14S6. The molecule has 17 nitrogen and oxygen atoms in total. The van der Waals surface area contributed by atoms with Gasteiger partial charge in [-0.2, -0.15) is 0 Å². The number of Topliss-reactive ketones (excluding diaryl/α,β-unsaturated/α-hetero) is 1. The lowest BCUT2D eigenvalue weighted by atomic mass is 9.94. The summed E-state index contributed by atoms with van der Waals surface area (Å²) >= 11 is 0. The highest BCUT2D eigenvalue weighted by molar-refractivity contribution is 9.14. The zero-order valence-electron chi connectivity index (χ0n) is 36.8. The average molecular weight is 1030 g/mol. The minimum atomic E-state index is -1.43. The SMILES string of the molecule is O=C(O)CCCCCCCCCCCCCCCCC(=O)N[C@@H](CCC(=O)C[C@@H](CCC(=O)N[C@@H](CCC(=O)NCCCC[C@@H](C(=O)O)C1SSC2(SS1)SS2)C(=O)O)C(=O)O)C(=O)O.[HH]. The van der Waals surface area contributed by atoms with Crippen molar-refractivity contribution in [1.29, 1.82) is 0 Å². The van der Waals surface area contributed by atoms with Gasteiger partial charge in [0.15, 0.2) is 2.74 Å². The summed E-state index contributed by atoms with van der Waals surface area (Å²) in [5, 5.41) is 54.8. The van der Waals surface area contributed by atoms with Crippen LogP contribution in [0.4, 0.5) is 0 Å². The van der Waals surface area contributed by atoms with E-state index in [1.807, 2.05) is 0 Å². The molecule has 2 aliphatic rings. The second-order valence-electron chi connectivity index (χ2n) is 16.3. The number of carboxylic acids is 5. The Kier molecular flexibility index (Phi) is 30.6. The molecule has 2 fully saturated rings. The third kappa shape index (κ3) is 27.8. The van der Waals surface area contributed by atoms with E-state index in [0.717, 1.165) is 57.8 Å². The summed E-state index contributed by atoms with van der Waals surface area (Å²) in [6, 6.07) is -2.76. The zero-order valence-corrected chi connectivity index (χ0v) is 41.7. The van der Waals surface area contributed by atoms with Crippen LogP contribution in [0.2, 0.25) is 0 Å². The lowest BCUT2D eigenvalue weighted by Crippen LogP contribution is -2.42. The van der Waals surface area contributed by atoms with Gasteiger partial charge in [0.1, 0.15) is 17.9 Å². The summed E-state index contributed by atoms with van der Waals surface area (Å²) in [4.78, 5) is 108. The van der Waals surface area contributed by atoms with Crippen molar-refractivity contribution < 1.29 is 70.1 Å². The number of ketones is 1. The highest BCUT2D eigenvalue weighted by Crippen LogP contribution is 2.84. The van der Waals surface area contributed by atoms with Crippen LogP contribution in [0.3, 0.4) is 0 Å².